The molecule has 0 unspecified atom stereocenters. The standard InChI is InChI=1S/Cu.In.H2O3Se.3H/c;;1-4(2)3;;;/h;;(H2,1,2,3);;;. The van der Waals surface area contributed by atoms with Gasteiger partial charge >= 0.3 is 52.5 Å². The van der Waals surface area contributed by atoms with Crippen LogP contribution in [-0.4, -0.2) is 48.7 Å². The van der Waals surface area contributed by atoms with Crippen molar-refractivity contribution >= 4 is 40.3 Å². The minimum atomic E-state index is -3.29. The molecule has 43 valence electrons. The van der Waals surface area contributed by atoms with Gasteiger partial charge in [0.05, 0.1) is 0 Å². The van der Waals surface area contributed by atoms with Gasteiger partial charge in [-0.25, -0.2) is 0 Å². The van der Waals surface area contributed by atoms with E-state index in [1.54, 1.807) is 0 Å². The van der Waals surface area contributed by atoms with Gasteiger partial charge in [0.2, 0.25) is 0 Å². The zero-order chi connectivity index (χ0) is 3.58. The summed E-state index contributed by atoms with van der Waals surface area (Å²) in [6.07, 6.45) is 0. The Hall–Kier alpha value is 1.63. The molecule has 0 aromatic carbocycles. The Kier molecular flexibility index (Phi) is 25.6. The molecule has 0 saturated carbocycles. The van der Waals surface area contributed by atoms with Gasteiger partial charge in [0.15, 0.2) is 0 Å². The summed E-state index contributed by atoms with van der Waals surface area (Å²) in [5, 5.41) is 0. The van der Waals surface area contributed by atoms with Crippen molar-refractivity contribution in [2.45, 2.75) is 0 Å². The van der Waals surface area contributed by atoms with Gasteiger partial charge in [-0.1, -0.05) is 0 Å². The first-order chi connectivity index (χ1) is 1.73. The number of hydrogen-bond donors (Lipinski definition) is 2. The molecule has 0 rings (SSSR count). The van der Waals surface area contributed by atoms with E-state index in [1.807, 2.05) is 0 Å². The fourth-order valence-electron chi connectivity index (χ4n) is 0. The first kappa shape index (κ1) is 15.6. The minimum absolute atomic E-state index is 0. The fourth-order valence-corrected chi connectivity index (χ4v) is 0. The summed E-state index contributed by atoms with van der Waals surface area (Å²) in [6, 6.07) is 0. The molecule has 0 spiro atoms. The molecule has 0 amide bonds. The first-order valence-electron chi connectivity index (χ1n) is 0.532. The summed E-state index contributed by atoms with van der Waals surface area (Å²) in [5.74, 6) is 0. The van der Waals surface area contributed by atoms with E-state index >= 15 is 0 Å². The molecule has 3 nitrogen and oxygen atoms in total. The maximum atomic E-state index is 8.76. The molecule has 0 aromatic heterocycles. The summed E-state index contributed by atoms with van der Waals surface area (Å²) in [5.41, 5.74) is 0. The molecule has 0 aliphatic heterocycles. The summed E-state index contributed by atoms with van der Waals surface area (Å²) >= 11 is -3.29. The predicted molar refractivity (Wildman–Crippen MR) is 20.8 cm³/mol. The number of rotatable bonds is 0. The monoisotopic (exact) mass is 311 g/mol. The van der Waals surface area contributed by atoms with E-state index in [1.165, 1.54) is 0 Å². The van der Waals surface area contributed by atoms with Crippen LogP contribution in [0.5, 0.6) is 0 Å². The Morgan fingerprint density at radius 1 is 1.33 bits per heavy atom. The van der Waals surface area contributed by atoms with Crippen LogP contribution in [0.2, 0.25) is 0 Å². The average molecular weight is 310 g/mol. The third kappa shape index (κ3) is 45.5. The van der Waals surface area contributed by atoms with Gasteiger partial charge in [0.25, 0.3) is 0 Å². The van der Waals surface area contributed by atoms with Gasteiger partial charge in [0, 0.05) is 17.1 Å². The van der Waals surface area contributed by atoms with Crippen molar-refractivity contribution in [2.24, 2.45) is 0 Å². The molecule has 0 atom stereocenters. The summed E-state index contributed by atoms with van der Waals surface area (Å²) in [7, 11) is 0. The van der Waals surface area contributed by atoms with E-state index in [2.05, 4.69) is 0 Å². The predicted octanol–water partition coefficient (Wildman–Crippen LogP) is -2.80. The van der Waals surface area contributed by atoms with Crippen molar-refractivity contribution in [2.75, 3.05) is 0 Å². The van der Waals surface area contributed by atoms with Crippen LogP contribution in [0, 0.1) is 0 Å². The number of hydrogen-bond acceptors (Lipinski definition) is 1. The Morgan fingerprint density at radius 3 is 1.33 bits per heavy atom. The second-order valence-electron chi connectivity index (χ2n) is 0.231. The van der Waals surface area contributed by atoms with Crippen molar-refractivity contribution in [1.82, 2.24) is 0 Å². The second kappa shape index (κ2) is 9.80. The van der Waals surface area contributed by atoms with Crippen LogP contribution in [0.15, 0.2) is 0 Å². The topological polar surface area (TPSA) is 57.5 Å². The molecule has 0 saturated heterocycles. The Bertz CT molecular complexity index is 33.8. The molecule has 6 heteroatoms. The van der Waals surface area contributed by atoms with Crippen molar-refractivity contribution < 1.29 is 29.3 Å². The van der Waals surface area contributed by atoms with Gasteiger partial charge in [-0.3, -0.25) is 0 Å². The molecule has 0 heterocycles. The van der Waals surface area contributed by atoms with Gasteiger partial charge in [-0.15, -0.1) is 0 Å². The molecule has 0 fully saturated rings. The molecule has 0 aromatic rings. The quantitative estimate of drug-likeness (QED) is 0.475. The molecule has 1 radical (unpaired) electrons. The molecule has 0 bridgehead atoms. The summed E-state index contributed by atoms with van der Waals surface area (Å²) in [4.78, 5) is 0. The van der Waals surface area contributed by atoms with Crippen LogP contribution in [0.25, 0.3) is 0 Å². The van der Waals surface area contributed by atoms with Gasteiger partial charge in [-0.2, -0.15) is 0 Å². The van der Waals surface area contributed by atoms with E-state index in [0.717, 1.165) is 0 Å². The molecule has 6 heavy (non-hydrogen) atoms. The zero-order valence-corrected chi connectivity index (χ0v) is 4.67. The molecule has 0 aliphatic carbocycles. The van der Waals surface area contributed by atoms with E-state index in [4.69, 9.17) is 12.2 Å². The van der Waals surface area contributed by atoms with Gasteiger partial charge in [0.1, 0.15) is 0 Å². The summed E-state index contributed by atoms with van der Waals surface area (Å²) < 4.78 is 23.1. The average Bonchev–Trinajstić information content (AvgIpc) is 0.811. The van der Waals surface area contributed by atoms with Crippen LogP contribution in [-0.2, 0) is 20.9 Å². The maximum absolute atomic E-state index is 8.76. The molecule has 2 N–H and O–H groups in total. The van der Waals surface area contributed by atoms with E-state index in [-0.39, 0.29) is 42.9 Å². The van der Waals surface area contributed by atoms with Crippen LogP contribution >= 0.6 is 0 Å². The van der Waals surface area contributed by atoms with Crippen molar-refractivity contribution in [3.63, 3.8) is 0 Å². The Balaban J connectivity index is -0.0000000450. The van der Waals surface area contributed by atoms with Crippen LogP contribution in [0.4, 0.5) is 0 Å². The summed E-state index contributed by atoms with van der Waals surface area (Å²) in [6.45, 7) is 0. The van der Waals surface area contributed by atoms with Crippen LogP contribution < -0.4 is 0 Å². The van der Waals surface area contributed by atoms with Crippen molar-refractivity contribution in [1.29, 1.82) is 0 Å². The van der Waals surface area contributed by atoms with E-state index < -0.39 is 14.5 Å². The Morgan fingerprint density at radius 2 is 1.33 bits per heavy atom. The Labute approximate surface area is 69.1 Å². The van der Waals surface area contributed by atoms with E-state index in [0.29, 0.717) is 0 Å². The molecular formula is H5CuInO3Se. The third-order valence-corrected chi connectivity index (χ3v) is 0. The second-order valence-corrected chi connectivity index (χ2v) is 1.20. The van der Waals surface area contributed by atoms with Crippen molar-refractivity contribution in [3.05, 3.63) is 0 Å². The first-order valence-corrected chi connectivity index (χ1v) is 2.76. The molecule has 0 aliphatic rings. The van der Waals surface area contributed by atoms with Gasteiger partial charge < -0.3 is 0 Å². The van der Waals surface area contributed by atoms with Gasteiger partial charge in [-0.05, 0) is 0 Å². The third-order valence-electron chi connectivity index (χ3n) is 0. The normalized spacial score (nSPS) is 5.83. The van der Waals surface area contributed by atoms with Crippen molar-refractivity contribution in [3.8, 4) is 0 Å². The van der Waals surface area contributed by atoms with Crippen LogP contribution in [0.1, 0.15) is 0 Å². The SMILES string of the molecule is O=[Se](O)O.[Cu].[InH3]. The fraction of sp³-hybridized carbons (Fsp3) is 0. The zero-order valence-electron chi connectivity index (χ0n) is 2.01. The molecular weight excluding hydrogens is 305 g/mol. The van der Waals surface area contributed by atoms with Crippen LogP contribution in [0.3, 0.4) is 0 Å². The van der Waals surface area contributed by atoms with E-state index in [9.17, 15) is 0 Å².